The quantitative estimate of drug-likeness (QED) is 0.522. The molecule has 0 heteroatoms. The molecule has 0 N–H and O–H groups in total. The first kappa shape index (κ1) is 19.5. The second-order valence-electron chi connectivity index (χ2n) is 2.49. The van der Waals surface area contributed by atoms with Crippen LogP contribution in [-0.4, -0.2) is 0 Å². The standard InChI is InChI=1S/C11H16.2C2H6/c1-5-7-11(8-6-2)9-10(3)4;2*1-2/h5-9H,3H2,1-2,4H3;2*1-2H3/b7-5+,8-6+;;. The zero-order valence-corrected chi connectivity index (χ0v) is 11.6. The van der Waals surface area contributed by atoms with E-state index in [1.165, 1.54) is 5.57 Å². The van der Waals surface area contributed by atoms with Crippen molar-refractivity contribution in [3.05, 3.63) is 48.1 Å². The molecule has 0 aromatic rings. The highest BCUT2D eigenvalue weighted by Crippen LogP contribution is 2.03. The summed E-state index contributed by atoms with van der Waals surface area (Å²) in [5.74, 6) is 0. The Morgan fingerprint density at radius 2 is 1.20 bits per heavy atom. The lowest BCUT2D eigenvalue weighted by Gasteiger charge is -1.92. The fourth-order valence-corrected chi connectivity index (χ4v) is 0.821. The highest BCUT2D eigenvalue weighted by atomic mass is 13.9. The highest BCUT2D eigenvalue weighted by Gasteiger charge is 1.83. The van der Waals surface area contributed by atoms with Crippen LogP contribution in [0.3, 0.4) is 0 Å². The minimum atomic E-state index is 1.08. The Labute approximate surface area is 97.1 Å². The van der Waals surface area contributed by atoms with E-state index in [1.54, 1.807) is 0 Å². The van der Waals surface area contributed by atoms with Crippen LogP contribution in [0.4, 0.5) is 0 Å². The molecule has 0 bridgehead atoms. The Hall–Kier alpha value is -1.04. The van der Waals surface area contributed by atoms with Crippen molar-refractivity contribution in [2.24, 2.45) is 0 Å². The number of allylic oxidation sites excluding steroid dienone is 7. The van der Waals surface area contributed by atoms with E-state index in [4.69, 9.17) is 0 Å². The van der Waals surface area contributed by atoms with Crippen LogP contribution in [0.1, 0.15) is 48.5 Å². The SMILES string of the molecule is C=C(C)C=C(/C=C/C)/C=C/C.CC.CC. The fourth-order valence-electron chi connectivity index (χ4n) is 0.821. The van der Waals surface area contributed by atoms with E-state index in [2.05, 4.69) is 24.8 Å². The normalized spacial score (nSPS) is 8.73. The lowest BCUT2D eigenvalue weighted by Crippen LogP contribution is -1.72. The summed E-state index contributed by atoms with van der Waals surface area (Å²) in [4.78, 5) is 0. The monoisotopic (exact) mass is 208 g/mol. The van der Waals surface area contributed by atoms with Gasteiger partial charge in [0.15, 0.2) is 0 Å². The molecule has 88 valence electrons. The van der Waals surface area contributed by atoms with E-state index in [1.807, 2.05) is 60.6 Å². The van der Waals surface area contributed by atoms with Gasteiger partial charge < -0.3 is 0 Å². The van der Waals surface area contributed by atoms with Gasteiger partial charge in [-0.2, -0.15) is 0 Å². The van der Waals surface area contributed by atoms with Gasteiger partial charge in [0, 0.05) is 0 Å². The average molecular weight is 208 g/mol. The van der Waals surface area contributed by atoms with Crippen molar-refractivity contribution in [2.45, 2.75) is 48.5 Å². The van der Waals surface area contributed by atoms with Gasteiger partial charge in [-0.1, -0.05) is 70.2 Å². The summed E-state index contributed by atoms with van der Waals surface area (Å²) in [6, 6.07) is 0. The van der Waals surface area contributed by atoms with Gasteiger partial charge in [-0.05, 0) is 26.3 Å². The zero-order chi connectivity index (χ0) is 12.7. The van der Waals surface area contributed by atoms with E-state index >= 15 is 0 Å². The number of hydrogen-bond acceptors (Lipinski definition) is 0. The third-order valence-electron chi connectivity index (χ3n) is 1.13. The molecule has 0 nitrogen and oxygen atoms in total. The maximum absolute atomic E-state index is 3.82. The predicted octanol–water partition coefficient (Wildman–Crippen LogP) is 5.69. The molecule has 0 radical (unpaired) electrons. The minimum absolute atomic E-state index is 1.08. The molecule has 0 rings (SSSR count). The summed E-state index contributed by atoms with van der Waals surface area (Å²) in [6.45, 7) is 17.8. The summed E-state index contributed by atoms with van der Waals surface area (Å²) in [5, 5.41) is 0. The lowest BCUT2D eigenvalue weighted by atomic mass is 10.1. The van der Waals surface area contributed by atoms with E-state index in [9.17, 15) is 0 Å². The Kier molecular flexibility index (Phi) is 24.3. The molecular formula is C15H28. The minimum Gasteiger partial charge on any atom is -0.0961 e. The Bertz CT molecular complexity index is 188. The van der Waals surface area contributed by atoms with Gasteiger partial charge >= 0.3 is 0 Å². The highest BCUT2D eigenvalue weighted by molar-refractivity contribution is 5.35. The van der Waals surface area contributed by atoms with E-state index in [0.29, 0.717) is 0 Å². The van der Waals surface area contributed by atoms with Gasteiger partial charge in [0.25, 0.3) is 0 Å². The maximum Gasteiger partial charge on any atom is -0.0261 e. The van der Waals surface area contributed by atoms with Gasteiger partial charge in [0.05, 0.1) is 0 Å². The van der Waals surface area contributed by atoms with Gasteiger partial charge in [0.1, 0.15) is 0 Å². The molecule has 0 fully saturated rings. The first-order valence-electron chi connectivity index (χ1n) is 5.83. The topological polar surface area (TPSA) is 0 Å². The van der Waals surface area contributed by atoms with Crippen molar-refractivity contribution in [3.63, 3.8) is 0 Å². The molecule has 0 spiro atoms. The van der Waals surface area contributed by atoms with E-state index in [-0.39, 0.29) is 0 Å². The molecule has 0 aliphatic heterocycles. The lowest BCUT2D eigenvalue weighted by molar-refractivity contribution is 1.50. The molecule has 0 aromatic carbocycles. The summed E-state index contributed by atoms with van der Waals surface area (Å²) in [6.07, 6.45) is 10.2. The summed E-state index contributed by atoms with van der Waals surface area (Å²) in [5.41, 5.74) is 2.28. The smallest absolute Gasteiger partial charge is 0.0261 e. The molecule has 15 heavy (non-hydrogen) atoms. The first-order valence-corrected chi connectivity index (χ1v) is 5.83. The van der Waals surface area contributed by atoms with Crippen molar-refractivity contribution in [1.29, 1.82) is 0 Å². The van der Waals surface area contributed by atoms with Crippen LogP contribution in [0.5, 0.6) is 0 Å². The average Bonchev–Trinajstić information content (AvgIpc) is 2.24. The molecule has 0 heterocycles. The molecule has 0 aliphatic rings. The largest absolute Gasteiger partial charge is 0.0961 e. The number of hydrogen-bond donors (Lipinski definition) is 0. The van der Waals surface area contributed by atoms with Crippen LogP contribution >= 0.6 is 0 Å². The van der Waals surface area contributed by atoms with Gasteiger partial charge in [0.2, 0.25) is 0 Å². The van der Waals surface area contributed by atoms with Crippen LogP contribution in [0.25, 0.3) is 0 Å². The third-order valence-corrected chi connectivity index (χ3v) is 1.13. The summed E-state index contributed by atoms with van der Waals surface area (Å²) < 4.78 is 0. The second-order valence-corrected chi connectivity index (χ2v) is 2.49. The van der Waals surface area contributed by atoms with Gasteiger partial charge in [-0.25, -0.2) is 0 Å². The van der Waals surface area contributed by atoms with Gasteiger partial charge in [-0.15, -0.1) is 0 Å². The van der Waals surface area contributed by atoms with Crippen molar-refractivity contribution < 1.29 is 0 Å². The molecule has 0 aromatic heterocycles. The van der Waals surface area contributed by atoms with Crippen LogP contribution in [-0.2, 0) is 0 Å². The summed E-state index contributed by atoms with van der Waals surface area (Å²) in [7, 11) is 0. The van der Waals surface area contributed by atoms with Crippen LogP contribution in [0.15, 0.2) is 48.1 Å². The van der Waals surface area contributed by atoms with Crippen LogP contribution in [0.2, 0.25) is 0 Å². The molecular weight excluding hydrogens is 180 g/mol. The van der Waals surface area contributed by atoms with Gasteiger partial charge in [-0.3, -0.25) is 0 Å². The predicted molar refractivity (Wildman–Crippen MR) is 75.2 cm³/mol. The second kappa shape index (κ2) is 18.7. The van der Waals surface area contributed by atoms with Crippen molar-refractivity contribution in [1.82, 2.24) is 0 Å². The Balaban J connectivity index is -0.000000318. The fraction of sp³-hybridized carbons (Fsp3) is 0.467. The van der Waals surface area contributed by atoms with Crippen molar-refractivity contribution >= 4 is 0 Å². The summed E-state index contributed by atoms with van der Waals surface area (Å²) >= 11 is 0. The Morgan fingerprint density at radius 3 is 1.40 bits per heavy atom. The third kappa shape index (κ3) is 19.4. The first-order chi connectivity index (χ1) is 7.20. The molecule has 0 unspecified atom stereocenters. The molecule has 0 saturated carbocycles. The molecule has 0 atom stereocenters. The van der Waals surface area contributed by atoms with E-state index < -0.39 is 0 Å². The molecule has 0 saturated heterocycles. The van der Waals surface area contributed by atoms with Crippen molar-refractivity contribution in [2.75, 3.05) is 0 Å². The van der Waals surface area contributed by atoms with Crippen molar-refractivity contribution in [3.8, 4) is 0 Å². The molecule has 0 aliphatic carbocycles. The van der Waals surface area contributed by atoms with Crippen LogP contribution < -0.4 is 0 Å². The Morgan fingerprint density at radius 1 is 0.867 bits per heavy atom. The zero-order valence-electron chi connectivity index (χ0n) is 11.6. The molecule has 0 amide bonds. The van der Waals surface area contributed by atoms with E-state index in [0.717, 1.165) is 5.57 Å². The van der Waals surface area contributed by atoms with Crippen LogP contribution in [0, 0.1) is 0 Å². The number of rotatable bonds is 3. The maximum atomic E-state index is 3.82.